The molecule has 4 heteroatoms. The van der Waals surface area contributed by atoms with Gasteiger partial charge in [-0.15, -0.1) is 0 Å². The van der Waals surface area contributed by atoms with Gasteiger partial charge in [0.15, 0.2) is 0 Å². The van der Waals surface area contributed by atoms with Crippen molar-refractivity contribution in [3.63, 3.8) is 0 Å². The van der Waals surface area contributed by atoms with Gasteiger partial charge in [-0.1, -0.05) is 12.8 Å². The van der Waals surface area contributed by atoms with Crippen LogP contribution < -0.4 is 11.1 Å². The molecule has 0 saturated heterocycles. The van der Waals surface area contributed by atoms with E-state index >= 15 is 0 Å². The summed E-state index contributed by atoms with van der Waals surface area (Å²) < 4.78 is 0. The van der Waals surface area contributed by atoms with Crippen molar-refractivity contribution in [3.05, 3.63) is 18.1 Å². The Labute approximate surface area is 96.7 Å². The molecule has 88 valence electrons. The predicted molar refractivity (Wildman–Crippen MR) is 65.2 cm³/mol. The summed E-state index contributed by atoms with van der Waals surface area (Å²) in [6, 6.07) is 1.91. The first kappa shape index (κ1) is 11.3. The average Bonchev–Trinajstić information content (AvgIpc) is 2.76. The molecule has 0 unspecified atom stereocenters. The minimum atomic E-state index is 0.291. The lowest BCUT2D eigenvalue weighted by Gasteiger charge is -2.27. The minimum absolute atomic E-state index is 0.291. The number of rotatable bonds is 4. The maximum Gasteiger partial charge on any atom is 0.129 e. The summed E-state index contributed by atoms with van der Waals surface area (Å²) in [4.78, 5) is 8.42. The van der Waals surface area contributed by atoms with Gasteiger partial charge in [-0.05, 0) is 37.8 Å². The van der Waals surface area contributed by atoms with Crippen molar-refractivity contribution in [2.45, 2.75) is 32.6 Å². The normalized spacial score (nSPS) is 18.6. The van der Waals surface area contributed by atoms with Crippen LogP contribution in [0.5, 0.6) is 0 Å². The van der Waals surface area contributed by atoms with Crippen LogP contribution in [0.25, 0.3) is 0 Å². The van der Waals surface area contributed by atoms with Crippen molar-refractivity contribution in [3.8, 4) is 0 Å². The molecule has 1 aromatic heterocycles. The number of anilines is 1. The molecule has 2 rings (SSSR count). The van der Waals surface area contributed by atoms with Crippen LogP contribution in [0, 0.1) is 12.3 Å². The van der Waals surface area contributed by atoms with Crippen molar-refractivity contribution in [2.24, 2.45) is 11.1 Å². The number of hydrogen-bond donors (Lipinski definition) is 2. The van der Waals surface area contributed by atoms with Gasteiger partial charge >= 0.3 is 0 Å². The standard InChI is InChI=1S/C12H20N4/c1-10-14-7-4-11(16-10)15-9-12(8-13)5-2-3-6-12/h4,7H,2-3,5-6,8-9,13H2,1H3,(H,14,15,16). The van der Waals surface area contributed by atoms with E-state index in [2.05, 4.69) is 15.3 Å². The molecule has 4 nitrogen and oxygen atoms in total. The fourth-order valence-corrected chi connectivity index (χ4v) is 2.41. The van der Waals surface area contributed by atoms with E-state index in [1.807, 2.05) is 13.0 Å². The van der Waals surface area contributed by atoms with E-state index in [4.69, 9.17) is 5.73 Å². The third-order valence-electron chi connectivity index (χ3n) is 3.52. The molecule has 0 amide bonds. The maximum atomic E-state index is 5.89. The SMILES string of the molecule is Cc1nccc(NCC2(CN)CCCC2)n1. The first-order chi connectivity index (χ1) is 7.74. The van der Waals surface area contributed by atoms with Gasteiger partial charge in [0.05, 0.1) is 0 Å². The van der Waals surface area contributed by atoms with Gasteiger partial charge < -0.3 is 11.1 Å². The molecule has 1 aromatic rings. The lowest BCUT2D eigenvalue weighted by molar-refractivity contribution is 0.332. The summed E-state index contributed by atoms with van der Waals surface area (Å²) in [5.41, 5.74) is 6.18. The molecule has 1 heterocycles. The first-order valence-corrected chi connectivity index (χ1v) is 5.98. The second-order valence-corrected chi connectivity index (χ2v) is 4.75. The zero-order valence-corrected chi connectivity index (χ0v) is 9.87. The Kier molecular flexibility index (Phi) is 3.39. The maximum absolute atomic E-state index is 5.89. The van der Waals surface area contributed by atoms with Crippen LogP contribution in [-0.2, 0) is 0 Å². The highest BCUT2D eigenvalue weighted by Gasteiger charge is 2.32. The van der Waals surface area contributed by atoms with Crippen molar-refractivity contribution >= 4 is 5.82 Å². The van der Waals surface area contributed by atoms with Gasteiger partial charge in [0, 0.05) is 12.7 Å². The highest BCUT2D eigenvalue weighted by molar-refractivity contribution is 5.33. The lowest BCUT2D eigenvalue weighted by Crippen LogP contribution is -2.34. The van der Waals surface area contributed by atoms with E-state index in [1.54, 1.807) is 6.20 Å². The smallest absolute Gasteiger partial charge is 0.129 e. The lowest BCUT2D eigenvalue weighted by atomic mass is 9.86. The molecule has 0 aliphatic heterocycles. The van der Waals surface area contributed by atoms with Gasteiger partial charge in [0.25, 0.3) is 0 Å². The monoisotopic (exact) mass is 220 g/mol. The number of aryl methyl sites for hydroxylation is 1. The zero-order valence-electron chi connectivity index (χ0n) is 9.87. The summed E-state index contributed by atoms with van der Waals surface area (Å²) in [5, 5.41) is 3.39. The fourth-order valence-electron chi connectivity index (χ4n) is 2.41. The van der Waals surface area contributed by atoms with Crippen LogP contribution in [0.15, 0.2) is 12.3 Å². The van der Waals surface area contributed by atoms with E-state index in [9.17, 15) is 0 Å². The molecule has 3 N–H and O–H groups in total. The Morgan fingerprint density at radius 2 is 2.19 bits per heavy atom. The van der Waals surface area contributed by atoms with Gasteiger partial charge in [-0.2, -0.15) is 0 Å². The third-order valence-corrected chi connectivity index (χ3v) is 3.52. The van der Waals surface area contributed by atoms with E-state index < -0.39 is 0 Å². The largest absolute Gasteiger partial charge is 0.369 e. The van der Waals surface area contributed by atoms with Crippen molar-refractivity contribution in [1.82, 2.24) is 9.97 Å². The second kappa shape index (κ2) is 4.78. The Morgan fingerprint density at radius 1 is 1.44 bits per heavy atom. The van der Waals surface area contributed by atoms with Crippen LogP contribution in [0.1, 0.15) is 31.5 Å². The van der Waals surface area contributed by atoms with Gasteiger partial charge in [0.2, 0.25) is 0 Å². The molecule has 0 aromatic carbocycles. The Morgan fingerprint density at radius 3 is 2.81 bits per heavy atom. The average molecular weight is 220 g/mol. The zero-order chi connectivity index (χ0) is 11.4. The van der Waals surface area contributed by atoms with Gasteiger partial charge in [0.1, 0.15) is 11.6 Å². The van der Waals surface area contributed by atoms with Crippen LogP contribution in [-0.4, -0.2) is 23.1 Å². The molecule has 1 aliphatic carbocycles. The number of aromatic nitrogens is 2. The quantitative estimate of drug-likeness (QED) is 0.811. The summed E-state index contributed by atoms with van der Waals surface area (Å²) >= 11 is 0. The minimum Gasteiger partial charge on any atom is -0.369 e. The molecule has 0 bridgehead atoms. The van der Waals surface area contributed by atoms with Crippen LogP contribution in [0.3, 0.4) is 0 Å². The summed E-state index contributed by atoms with van der Waals surface area (Å²) in [6.07, 6.45) is 6.87. The van der Waals surface area contributed by atoms with Crippen LogP contribution >= 0.6 is 0 Å². The van der Waals surface area contributed by atoms with E-state index in [0.717, 1.165) is 24.7 Å². The van der Waals surface area contributed by atoms with Crippen LogP contribution in [0.2, 0.25) is 0 Å². The number of nitrogens with two attached hydrogens (primary N) is 1. The Hall–Kier alpha value is -1.16. The van der Waals surface area contributed by atoms with Crippen LogP contribution in [0.4, 0.5) is 5.82 Å². The number of hydrogen-bond acceptors (Lipinski definition) is 4. The van der Waals surface area contributed by atoms with E-state index in [1.165, 1.54) is 25.7 Å². The fraction of sp³-hybridized carbons (Fsp3) is 0.667. The molecular formula is C12H20N4. The summed E-state index contributed by atoms with van der Waals surface area (Å²) in [6.45, 7) is 3.60. The third kappa shape index (κ3) is 2.50. The number of nitrogens with one attached hydrogen (secondary N) is 1. The molecule has 1 fully saturated rings. The molecular weight excluding hydrogens is 200 g/mol. The van der Waals surface area contributed by atoms with E-state index in [-0.39, 0.29) is 0 Å². The molecule has 1 saturated carbocycles. The molecule has 16 heavy (non-hydrogen) atoms. The molecule has 0 spiro atoms. The molecule has 1 aliphatic rings. The van der Waals surface area contributed by atoms with E-state index in [0.29, 0.717) is 5.41 Å². The van der Waals surface area contributed by atoms with Crippen molar-refractivity contribution in [2.75, 3.05) is 18.4 Å². The summed E-state index contributed by atoms with van der Waals surface area (Å²) in [5.74, 6) is 1.71. The highest BCUT2D eigenvalue weighted by atomic mass is 15.0. The topological polar surface area (TPSA) is 63.8 Å². The molecule has 0 atom stereocenters. The Balaban J connectivity index is 1.95. The van der Waals surface area contributed by atoms with Gasteiger partial charge in [-0.25, -0.2) is 9.97 Å². The highest BCUT2D eigenvalue weighted by Crippen LogP contribution is 2.36. The number of nitrogens with zero attached hydrogens (tertiary/aromatic N) is 2. The molecule has 0 radical (unpaired) electrons. The second-order valence-electron chi connectivity index (χ2n) is 4.75. The van der Waals surface area contributed by atoms with Gasteiger partial charge in [-0.3, -0.25) is 0 Å². The van der Waals surface area contributed by atoms with Crippen molar-refractivity contribution in [1.29, 1.82) is 0 Å². The summed E-state index contributed by atoms with van der Waals surface area (Å²) in [7, 11) is 0. The predicted octanol–water partition coefficient (Wildman–Crippen LogP) is 1.72. The van der Waals surface area contributed by atoms with Crippen molar-refractivity contribution < 1.29 is 0 Å². The Bertz CT molecular complexity index is 345. The first-order valence-electron chi connectivity index (χ1n) is 5.98.